The van der Waals surface area contributed by atoms with Crippen molar-refractivity contribution in [3.05, 3.63) is 35.4 Å². The molecule has 0 bridgehead atoms. The van der Waals surface area contributed by atoms with Crippen LogP contribution in [0.4, 0.5) is 0 Å². The molecule has 1 aromatic carbocycles. The van der Waals surface area contributed by atoms with Crippen molar-refractivity contribution in [3.63, 3.8) is 0 Å². The van der Waals surface area contributed by atoms with Gasteiger partial charge in [0.2, 0.25) is 0 Å². The highest BCUT2D eigenvalue weighted by molar-refractivity contribution is 5.94. The van der Waals surface area contributed by atoms with E-state index < -0.39 is 0 Å². The Kier molecular flexibility index (Phi) is 7.15. The SMILES string of the molecule is CCC(C)c1ccc(C(=O)NCCOCCO)cc1. The first-order chi connectivity index (χ1) is 9.19. The normalized spacial score (nSPS) is 12.2. The molecule has 0 aliphatic carbocycles. The maximum atomic E-state index is 11.8. The van der Waals surface area contributed by atoms with Crippen LogP contribution in [0, 0.1) is 0 Å². The average molecular weight is 265 g/mol. The molecule has 0 saturated carbocycles. The molecule has 1 unspecified atom stereocenters. The lowest BCUT2D eigenvalue weighted by atomic mass is 9.97. The molecule has 4 nitrogen and oxygen atoms in total. The minimum Gasteiger partial charge on any atom is -0.394 e. The molecule has 0 radical (unpaired) electrons. The molecule has 0 fully saturated rings. The summed E-state index contributed by atoms with van der Waals surface area (Å²) in [6.45, 7) is 5.50. The van der Waals surface area contributed by atoms with E-state index >= 15 is 0 Å². The fourth-order valence-corrected chi connectivity index (χ4v) is 1.70. The summed E-state index contributed by atoms with van der Waals surface area (Å²) in [6.07, 6.45) is 1.09. The van der Waals surface area contributed by atoms with Crippen LogP contribution in [0.15, 0.2) is 24.3 Å². The number of aliphatic hydroxyl groups excluding tert-OH is 1. The second-order valence-electron chi connectivity index (χ2n) is 4.52. The van der Waals surface area contributed by atoms with Gasteiger partial charge in [-0.15, -0.1) is 0 Å². The average Bonchev–Trinajstić information content (AvgIpc) is 2.46. The Morgan fingerprint density at radius 2 is 2.00 bits per heavy atom. The van der Waals surface area contributed by atoms with Gasteiger partial charge in [-0.2, -0.15) is 0 Å². The van der Waals surface area contributed by atoms with Crippen molar-refractivity contribution in [1.29, 1.82) is 0 Å². The maximum Gasteiger partial charge on any atom is 0.251 e. The molecule has 0 aliphatic rings. The Labute approximate surface area is 114 Å². The number of nitrogens with one attached hydrogen (secondary N) is 1. The summed E-state index contributed by atoms with van der Waals surface area (Å²) in [5.74, 6) is 0.423. The maximum absolute atomic E-state index is 11.8. The van der Waals surface area contributed by atoms with Crippen molar-refractivity contribution in [1.82, 2.24) is 5.32 Å². The molecule has 1 amide bonds. The summed E-state index contributed by atoms with van der Waals surface area (Å²) in [5, 5.41) is 11.3. The van der Waals surface area contributed by atoms with Gasteiger partial charge in [0.15, 0.2) is 0 Å². The summed E-state index contributed by atoms with van der Waals surface area (Å²) >= 11 is 0. The largest absolute Gasteiger partial charge is 0.394 e. The lowest BCUT2D eigenvalue weighted by Gasteiger charge is -2.10. The lowest BCUT2D eigenvalue weighted by Crippen LogP contribution is -2.27. The van der Waals surface area contributed by atoms with E-state index in [1.165, 1.54) is 5.56 Å². The van der Waals surface area contributed by atoms with Crippen molar-refractivity contribution in [2.45, 2.75) is 26.2 Å². The molecule has 0 spiro atoms. The molecule has 0 aromatic heterocycles. The summed E-state index contributed by atoms with van der Waals surface area (Å²) in [4.78, 5) is 11.8. The van der Waals surface area contributed by atoms with Gasteiger partial charge in [0.25, 0.3) is 5.91 Å². The number of benzene rings is 1. The molecule has 2 N–H and O–H groups in total. The lowest BCUT2D eigenvalue weighted by molar-refractivity contribution is 0.0838. The van der Waals surface area contributed by atoms with Crippen LogP contribution in [-0.4, -0.2) is 37.4 Å². The Balaban J connectivity index is 2.40. The van der Waals surface area contributed by atoms with E-state index in [0.29, 0.717) is 31.2 Å². The fourth-order valence-electron chi connectivity index (χ4n) is 1.70. The van der Waals surface area contributed by atoms with E-state index in [0.717, 1.165) is 6.42 Å². The molecular weight excluding hydrogens is 242 g/mol. The molecule has 0 aliphatic heterocycles. The van der Waals surface area contributed by atoms with Crippen LogP contribution < -0.4 is 5.32 Å². The molecule has 4 heteroatoms. The van der Waals surface area contributed by atoms with Crippen LogP contribution in [-0.2, 0) is 4.74 Å². The number of carbonyl (C=O) groups is 1. The number of ether oxygens (including phenoxy) is 1. The number of carbonyl (C=O) groups excluding carboxylic acids is 1. The van der Waals surface area contributed by atoms with Crippen LogP contribution in [0.5, 0.6) is 0 Å². The Hall–Kier alpha value is -1.39. The standard InChI is InChI=1S/C15H23NO3/c1-3-12(2)13-4-6-14(7-5-13)15(18)16-8-10-19-11-9-17/h4-7,12,17H,3,8-11H2,1-2H3,(H,16,18). The summed E-state index contributed by atoms with van der Waals surface area (Å²) in [5.41, 5.74) is 1.92. The molecule has 1 aromatic rings. The van der Waals surface area contributed by atoms with Crippen LogP contribution in [0.25, 0.3) is 0 Å². The summed E-state index contributed by atoms with van der Waals surface area (Å²) in [6, 6.07) is 7.72. The van der Waals surface area contributed by atoms with Gasteiger partial charge in [-0.3, -0.25) is 4.79 Å². The van der Waals surface area contributed by atoms with Gasteiger partial charge in [-0.05, 0) is 30.0 Å². The number of rotatable bonds is 8. The minimum absolute atomic E-state index is 0.00498. The first kappa shape index (κ1) is 15.7. The zero-order valence-electron chi connectivity index (χ0n) is 11.7. The van der Waals surface area contributed by atoms with E-state index in [-0.39, 0.29) is 12.5 Å². The summed E-state index contributed by atoms with van der Waals surface area (Å²) < 4.78 is 5.07. The minimum atomic E-state index is -0.0942. The number of hydrogen-bond acceptors (Lipinski definition) is 3. The monoisotopic (exact) mass is 265 g/mol. The highest BCUT2D eigenvalue weighted by Gasteiger charge is 2.07. The van der Waals surface area contributed by atoms with Gasteiger partial charge in [0.05, 0.1) is 19.8 Å². The Bertz CT molecular complexity index is 375. The molecule has 19 heavy (non-hydrogen) atoms. The van der Waals surface area contributed by atoms with Crippen LogP contribution in [0.1, 0.15) is 42.1 Å². The van der Waals surface area contributed by atoms with E-state index in [9.17, 15) is 4.79 Å². The topological polar surface area (TPSA) is 58.6 Å². The van der Waals surface area contributed by atoms with Crippen molar-refractivity contribution < 1.29 is 14.6 Å². The Morgan fingerprint density at radius 3 is 2.58 bits per heavy atom. The molecular formula is C15H23NO3. The van der Waals surface area contributed by atoms with E-state index in [1.807, 2.05) is 24.3 Å². The predicted molar refractivity (Wildman–Crippen MR) is 75.4 cm³/mol. The van der Waals surface area contributed by atoms with Crippen molar-refractivity contribution >= 4 is 5.91 Å². The second kappa shape index (κ2) is 8.67. The van der Waals surface area contributed by atoms with Crippen LogP contribution in [0.3, 0.4) is 0 Å². The van der Waals surface area contributed by atoms with Crippen molar-refractivity contribution in [3.8, 4) is 0 Å². The fraction of sp³-hybridized carbons (Fsp3) is 0.533. The second-order valence-corrected chi connectivity index (χ2v) is 4.52. The Morgan fingerprint density at radius 1 is 1.32 bits per heavy atom. The van der Waals surface area contributed by atoms with Gasteiger partial charge in [0.1, 0.15) is 0 Å². The van der Waals surface area contributed by atoms with Crippen molar-refractivity contribution in [2.75, 3.05) is 26.4 Å². The van der Waals surface area contributed by atoms with Gasteiger partial charge in [0, 0.05) is 12.1 Å². The van der Waals surface area contributed by atoms with Gasteiger partial charge >= 0.3 is 0 Å². The summed E-state index contributed by atoms with van der Waals surface area (Å²) in [7, 11) is 0. The molecule has 1 atom stereocenters. The molecule has 106 valence electrons. The number of hydrogen-bond donors (Lipinski definition) is 2. The van der Waals surface area contributed by atoms with Gasteiger partial charge < -0.3 is 15.2 Å². The van der Waals surface area contributed by atoms with Crippen molar-refractivity contribution in [2.24, 2.45) is 0 Å². The highest BCUT2D eigenvalue weighted by Crippen LogP contribution is 2.18. The van der Waals surface area contributed by atoms with E-state index in [1.54, 1.807) is 0 Å². The quantitative estimate of drug-likeness (QED) is 0.706. The zero-order chi connectivity index (χ0) is 14.1. The highest BCUT2D eigenvalue weighted by atomic mass is 16.5. The smallest absolute Gasteiger partial charge is 0.251 e. The van der Waals surface area contributed by atoms with Crippen LogP contribution >= 0.6 is 0 Å². The molecule has 0 saturated heterocycles. The third-order valence-electron chi connectivity index (χ3n) is 3.12. The number of amides is 1. The van der Waals surface area contributed by atoms with Gasteiger partial charge in [-0.1, -0.05) is 26.0 Å². The first-order valence-electron chi connectivity index (χ1n) is 6.75. The van der Waals surface area contributed by atoms with E-state index in [4.69, 9.17) is 9.84 Å². The first-order valence-corrected chi connectivity index (χ1v) is 6.75. The van der Waals surface area contributed by atoms with E-state index in [2.05, 4.69) is 19.2 Å². The molecule has 1 rings (SSSR count). The third kappa shape index (κ3) is 5.41. The molecule has 0 heterocycles. The zero-order valence-corrected chi connectivity index (χ0v) is 11.7. The predicted octanol–water partition coefficient (Wildman–Crippen LogP) is 1.94. The third-order valence-corrected chi connectivity index (χ3v) is 3.12. The number of aliphatic hydroxyl groups is 1. The van der Waals surface area contributed by atoms with Gasteiger partial charge in [-0.25, -0.2) is 0 Å². The van der Waals surface area contributed by atoms with Crippen LogP contribution in [0.2, 0.25) is 0 Å².